The average molecular weight is 277 g/mol. The predicted octanol–water partition coefficient (Wildman–Crippen LogP) is 2.26. The van der Waals surface area contributed by atoms with Crippen molar-refractivity contribution in [2.75, 3.05) is 11.9 Å². The van der Waals surface area contributed by atoms with E-state index in [0.717, 1.165) is 47.1 Å². The Balaban J connectivity index is 2.06. The number of aromatic nitrogens is 3. The molecule has 0 bridgehead atoms. The Hall–Kier alpha value is -2.69. The van der Waals surface area contributed by atoms with Crippen LogP contribution in [0.2, 0.25) is 0 Å². The van der Waals surface area contributed by atoms with Gasteiger partial charge in [0.1, 0.15) is 11.6 Å². The van der Waals surface area contributed by atoms with E-state index in [2.05, 4.69) is 38.9 Å². The van der Waals surface area contributed by atoms with Crippen molar-refractivity contribution in [1.82, 2.24) is 14.5 Å². The Morgan fingerprint density at radius 1 is 1.10 bits per heavy atom. The second-order valence-electron chi connectivity index (χ2n) is 5.25. The number of fused-ring (bicyclic) bond motifs is 3. The average Bonchev–Trinajstić information content (AvgIpc) is 2.96. The van der Waals surface area contributed by atoms with Gasteiger partial charge in [0.15, 0.2) is 0 Å². The minimum absolute atomic E-state index is 0.0635. The van der Waals surface area contributed by atoms with E-state index in [-0.39, 0.29) is 5.62 Å². The third-order valence-electron chi connectivity index (χ3n) is 3.92. The molecule has 0 fully saturated rings. The van der Waals surface area contributed by atoms with Gasteiger partial charge in [-0.15, -0.1) is 0 Å². The first-order valence-electron chi connectivity index (χ1n) is 7.00. The second-order valence-corrected chi connectivity index (χ2v) is 5.25. The summed E-state index contributed by atoms with van der Waals surface area (Å²) in [5.41, 5.74) is 4.11. The summed E-state index contributed by atoms with van der Waals surface area (Å²) in [6.45, 7) is 3.83. The molecule has 2 N–H and O–H groups in total. The number of hydrogen-bond acceptors (Lipinski definition) is 4. The zero-order chi connectivity index (χ0) is 14.4. The van der Waals surface area contributed by atoms with Crippen molar-refractivity contribution in [1.29, 1.82) is 5.41 Å². The fraction of sp³-hybridized carbons (Fsp3) is 0.188. The van der Waals surface area contributed by atoms with Gasteiger partial charge in [-0.3, -0.25) is 5.41 Å². The van der Waals surface area contributed by atoms with Crippen molar-refractivity contribution in [3.63, 3.8) is 0 Å². The van der Waals surface area contributed by atoms with Crippen molar-refractivity contribution in [3.05, 3.63) is 47.6 Å². The van der Waals surface area contributed by atoms with Crippen LogP contribution in [0.15, 0.2) is 36.4 Å². The highest BCUT2D eigenvalue weighted by molar-refractivity contribution is 5.80. The van der Waals surface area contributed by atoms with E-state index < -0.39 is 0 Å². The van der Waals surface area contributed by atoms with Crippen LogP contribution in [0, 0.1) is 12.3 Å². The van der Waals surface area contributed by atoms with Crippen LogP contribution in [0.1, 0.15) is 5.56 Å². The molecule has 0 radical (unpaired) electrons. The molecule has 0 saturated heterocycles. The minimum Gasteiger partial charge on any atom is -0.370 e. The second kappa shape index (κ2) is 4.41. The Bertz CT molecular complexity index is 865. The van der Waals surface area contributed by atoms with E-state index in [9.17, 15) is 0 Å². The summed E-state index contributed by atoms with van der Waals surface area (Å²) >= 11 is 0. The van der Waals surface area contributed by atoms with Gasteiger partial charge in [-0.05, 0) is 24.6 Å². The summed E-state index contributed by atoms with van der Waals surface area (Å²) in [5.74, 6) is 1.88. The highest BCUT2D eigenvalue weighted by Crippen LogP contribution is 2.33. The number of nitrogens with one attached hydrogen (secondary N) is 2. The normalized spacial score (nSPS) is 13.2. The maximum absolute atomic E-state index is 7.94. The number of anilines is 1. The molecule has 1 aromatic rings. The first-order chi connectivity index (χ1) is 10.2. The number of rotatable bonds is 1. The van der Waals surface area contributed by atoms with E-state index >= 15 is 0 Å². The largest absolute Gasteiger partial charge is 0.370 e. The molecule has 5 nitrogen and oxygen atoms in total. The lowest BCUT2D eigenvalue weighted by atomic mass is 10.0. The molecule has 0 atom stereocenters. The highest BCUT2D eigenvalue weighted by Gasteiger charge is 2.21. The van der Waals surface area contributed by atoms with Gasteiger partial charge >= 0.3 is 0 Å². The lowest BCUT2D eigenvalue weighted by molar-refractivity contribution is 0.777. The van der Waals surface area contributed by atoms with Crippen molar-refractivity contribution >= 4 is 5.82 Å². The summed E-state index contributed by atoms with van der Waals surface area (Å²) < 4.78 is 2.12. The third kappa shape index (κ3) is 1.81. The molecule has 3 aliphatic rings. The molecule has 0 unspecified atom stereocenters. The SMILES string of the molecule is Cc1ccccc1-c1nc(=N)nc2n3c(ccc1-2)NCC3. The smallest absolute Gasteiger partial charge is 0.244 e. The van der Waals surface area contributed by atoms with Gasteiger partial charge in [0, 0.05) is 24.2 Å². The molecule has 104 valence electrons. The van der Waals surface area contributed by atoms with E-state index in [1.54, 1.807) is 0 Å². The molecular weight excluding hydrogens is 262 g/mol. The molecule has 0 spiro atoms. The minimum atomic E-state index is 0.0635. The summed E-state index contributed by atoms with van der Waals surface area (Å²) in [6, 6.07) is 12.2. The van der Waals surface area contributed by atoms with Crippen LogP contribution in [-0.4, -0.2) is 21.1 Å². The van der Waals surface area contributed by atoms with E-state index in [0.29, 0.717) is 0 Å². The van der Waals surface area contributed by atoms with Crippen LogP contribution in [0.5, 0.6) is 0 Å². The zero-order valence-corrected chi connectivity index (χ0v) is 11.7. The molecule has 1 aromatic carbocycles. The third-order valence-corrected chi connectivity index (χ3v) is 3.92. The Kier molecular flexibility index (Phi) is 2.54. The predicted molar refractivity (Wildman–Crippen MR) is 81.2 cm³/mol. The maximum Gasteiger partial charge on any atom is 0.244 e. The lowest BCUT2D eigenvalue weighted by Gasteiger charge is -2.16. The highest BCUT2D eigenvalue weighted by atomic mass is 15.2. The molecule has 0 aromatic heterocycles. The van der Waals surface area contributed by atoms with Crippen LogP contribution in [0.25, 0.3) is 22.6 Å². The van der Waals surface area contributed by atoms with Gasteiger partial charge in [0.25, 0.3) is 0 Å². The molecule has 3 heterocycles. The number of aryl methyl sites for hydroxylation is 1. The summed E-state index contributed by atoms with van der Waals surface area (Å²) in [7, 11) is 0. The monoisotopic (exact) mass is 277 g/mol. The Morgan fingerprint density at radius 2 is 1.95 bits per heavy atom. The fourth-order valence-corrected chi connectivity index (χ4v) is 2.90. The van der Waals surface area contributed by atoms with E-state index in [1.807, 2.05) is 24.3 Å². The van der Waals surface area contributed by atoms with Crippen molar-refractivity contribution in [2.24, 2.45) is 0 Å². The van der Waals surface area contributed by atoms with Gasteiger partial charge in [-0.1, -0.05) is 24.3 Å². The summed E-state index contributed by atoms with van der Waals surface area (Å²) in [4.78, 5) is 8.72. The van der Waals surface area contributed by atoms with Crippen molar-refractivity contribution in [2.45, 2.75) is 13.5 Å². The quantitative estimate of drug-likeness (QED) is 0.717. The molecule has 0 amide bonds. The van der Waals surface area contributed by atoms with Crippen molar-refractivity contribution < 1.29 is 0 Å². The molecule has 5 heteroatoms. The standard InChI is InChI=1S/C16H15N5/c1-10-4-2-3-5-11(10)14-12-6-7-13-18-8-9-21(13)15(12)20-16(17)19-14/h2-7,17-18H,8-9H2,1H3. The number of benzene rings is 1. The summed E-state index contributed by atoms with van der Waals surface area (Å²) in [5, 5.41) is 11.3. The van der Waals surface area contributed by atoms with Gasteiger partial charge in [0.05, 0.1) is 5.69 Å². The molecular formula is C16H15N5. The number of nitrogens with zero attached hydrogens (tertiary/aromatic N) is 3. The first-order valence-corrected chi connectivity index (χ1v) is 7.00. The van der Waals surface area contributed by atoms with Crippen LogP contribution in [-0.2, 0) is 6.54 Å². The lowest BCUT2D eigenvalue weighted by Crippen LogP contribution is -2.18. The fourth-order valence-electron chi connectivity index (χ4n) is 2.90. The molecule has 4 rings (SSSR count). The van der Waals surface area contributed by atoms with Gasteiger partial charge in [-0.2, -0.15) is 4.98 Å². The Morgan fingerprint density at radius 3 is 2.81 bits per heavy atom. The molecule has 21 heavy (non-hydrogen) atoms. The van der Waals surface area contributed by atoms with Gasteiger partial charge < -0.3 is 9.88 Å². The van der Waals surface area contributed by atoms with Gasteiger partial charge in [-0.25, -0.2) is 4.98 Å². The Labute approximate surface area is 122 Å². The maximum atomic E-state index is 7.94. The van der Waals surface area contributed by atoms with E-state index in [4.69, 9.17) is 5.41 Å². The van der Waals surface area contributed by atoms with Crippen LogP contribution in [0.3, 0.4) is 0 Å². The first kappa shape index (κ1) is 12.1. The van der Waals surface area contributed by atoms with Crippen molar-refractivity contribution in [3.8, 4) is 22.6 Å². The molecule has 0 saturated carbocycles. The van der Waals surface area contributed by atoms with Crippen LogP contribution >= 0.6 is 0 Å². The topological polar surface area (TPSA) is 66.6 Å². The van der Waals surface area contributed by atoms with E-state index in [1.165, 1.54) is 0 Å². The van der Waals surface area contributed by atoms with Crippen LogP contribution in [0.4, 0.5) is 5.82 Å². The number of hydrogen-bond donors (Lipinski definition) is 2. The zero-order valence-electron chi connectivity index (χ0n) is 11.7. The summed E-state index contributed by atoms with van der Waals surface area (Å²) in [6.07, 6.45) is 0. The molecule has 3 aliphatic heterocycles. The van der Waals surface area contributed by atoms with Gasteiger partial charge in [0.2, 0.25) is 5.62 Å². The molecule has 0 aliphatic carbocycles. The number of pyridine rings is 1. The van der Waals surface area contributed by atoms with Crippen LogP contribution < -0.4 is 10.9 Å².